The SMILES string of the molecule is O=C(Nc1ccccc1)Nc1cccc(Br)c1. The molecule has 0 aromatic heterocycles. The maximum absolute atomic E-state index is 11.7. The van der Waals surface area contributed by atoms with Crippen molar-refractivity contribution in [1.29, 1.82) is 0 Å². The lowest BCUT2D eigenvalue weighted by atomic mass is 10.3. The van der Waals surface area contributed by atoms with E-state index in [1.807, 2.05) is 54.6 Å². The second-order valence-electron chi connectivity index (χ2n) is 3.46. The van der Waals surface area contributed by atoms with Crippen LogP contribution < -0.4 is 10.6 Å². The number of amides is 2. The van der Waals surface area contributed by atoms with E-state index in [2.05, 4.69) is 26.6 Å². The molecule has 0 heterocycles. The third-order valence-corrected chi connectivity index (χ3v) is 2.61. The monoisotopic (exact) mass is 290 g/mol. The number of halogens is 1. The molecule has 2 rings (SSSR count). The van der Waals surface area contributed by atoms with E-state index in [4.69, 9.17) is 0 Å². The number of hydrogen-bond donors (Lipinski definition) is 2. The van der Waals surface area contributed by atoms with Gasteiger partial charge in [-0.15, -0.1) is 0 Å². The third kappa shape index (κ3) is 3.60. The molecule has 17 heavy (non-hydrogen) atoms. The highest BCUT2D eigenvalue weighted by Gasteiger charge is 2.01. The molecule has 0 aliphatic carbocycles. The number of urea groups is 1. The molecule has 0 aliphatic rings. The molecule has 86 valence electrons. The zero-order valence-electron chi connectivity index (χ0n) is 8.98. The number of rotatable bonds is 2. The minimum Gasteiger partial charge on any atom is -0.308 e. The van der Waals surface area contributed by atoms with Gasteiger partial charge in [0.05, 0.1) is 0 Å². The van der Waals surface area contributed by atoms with Crippen LogP contribution >= 0.6 is 15.9 Å². The van der Waals surface area contributed by atoms with E-state index >= 15 is 0 Å². The van der Waals surface area contributed by atoms with E-state index in [1.165, 1.54) is 0 Å². The molecule has 0 aliphatic heterocycles. The van der Waals surface area contributed by atoms with Crippen LogP contribution in [0.1, 0.15) is 0 Å². The average molecular weight is 291 g/mol. The van der Waals surface area contributed by atoms with Gasteiger partial charge in [-0.25, -0.2) is 4.79 Å². The van der Waals surface area contributed by atoms with Crippen LogP contribution in [0.2, 0.25) is 0 Å². The molecular weight excluding hydrogens is 280 g/mol. The van der Waals surface area contributed by atoms with Crippen molar-refractivity contribution in [3.05, 3.63) is 59.1 Å². The van der Waals surface area contributed by atoms with Gasteiger partial charge < -0.3 is 10.6 Å². The minimum atomic E-state index is -0.255. The van der Waals surface area contributed by atoms with Gasteiger partial charge in [-0.2, -0.15) is 0 Å². The normalized spacial score (nSPS) is 9.71. The molecule has 0 spiro atoms. The Hall–Kier alpha value is -1.81. The van der Waals surface area contributed by atoms with E-state index in [1.54, 1.807) is 0 Å². The van der Waals surface area contributed by atoms with Crippen molar-refractivity contribution in [3.8, 4) is 0 Å². The summed E-state index contributed by atoms with van der Waals surface area (Å²) in [4.78, 5) is 11.7. The number of para-hydroxylation sites is 1. The Morgan fingerprint density at radius 1 is 0.882 bits per heavy atom. The molecule has 3 nitrogen and oxygen atoms in total. The Bertz CT molecular complexity index is 514. The van der Waals surface area contributed by atoms with Crippen molar-refractivity contribution in [2.75, 3.05) is 10.6 Å². The van der Waals surface area contributed by atoms with Gasteiger partial charge in [-0.1, -0.05) is 40.2 Å². The lowest BCUT2D eigenvalue weighted by Crippen LogP contribution is -2.19. The zero-order chi connectivity index (χ0) is 12.1. The van der Waals surface area contributed by atoms with Crippen molar-refractivity contribution in [1.82, 2.24) is 0 Å². The molecular formula is C13H11BrN2O. The van der Waals surface area contributed by atoms with Crippen molar-refractivity contribution in [2.24, 2.45) is 0 Å². The van der Waals surface area contributed by atoms with E-state index in [9.17, 15) is 4.79 Å². The summed E-state index contributed by atoms with van der Waals surface area (Å²) in [6.07, 6.45) is 0. The standard InChI is InChI=1S/C13H11BrN2O/c14-10-5-4-8-12(9-10)16-13(17)15-11-6-2-1-3-7-11/h1-9H,(H2,15,16,17). The Balaban J connectivity index is 1.98. The number of carbonyl (C=O) groups is 1. The smallest absolute Gasteiger partial charge is 0.308 e. The van der Waals surface area contributed by atoms with Crippen LogP contribution in [-0.2, 0) is 0 Å². The molecule has 2 aromatic rings. The predicted molar refractivity (Wildman–Crippen MR) is 73.2 cm³/mol. The Labute approximate surface area is 108 Å². The number of anilines is 2. The highest BCUT2D eigenvalue weighted by Crippen LogP contribution is 2.16. The van der Waals surface area contributed by atoms with Gasteiger partial charge in [0.2, 0.25) is 0 Å². The van der Waals surface area contributed by atoms with E-state index < -0.39 is 0 Å². The molecule has 0 bridgehead atoms. The van der Waals surface area contributed by atoms with Crippen LogP contribution in [0.4, 0.5) is 16.2 Å². The molecule has 0 radical (unpaired) electrons. The molecule has 0 unspecified atom stereocenters. The number of nitrogens with one attached hydrogen (secondary N) is 2. The van der Waals surface area contributed by atoms with Crippen LogP contribution in [0.3, 0.4) is 0 Å². The topological polar surface area (TPSA) is 41.1 Å². The largest absolute Gasteiger partial charge is 0.323 e. The van der Waals surface area contributed by atoms with Crippen LogP contribution in [0.25, 0.3) is 0 Å². The van der Waals surface area contributed by atoms with Crippen molar-refractivity contribution < 1.29 is 4.79 Å². The Morgan fingerprint density at radius 2 is 1.53 bits per heavy atom. The number of benzene rings is 2. The first-order valence-electron chi connectivity index (χ1n) is 5.13. The summed E-state index contributed by atoms with van der Waals surface area (Å²) in [5, 5.41) is 5.50. The van der Waals surface area contributed by atoms with Gasteiger partial charge in [0.1, 0.15) is 0 Å². The summed E-state index contributed by atoms with van der Waals surface area (Å²) in [7, 11) is 0. The van der Waals surface area contributed by atoms with Crippen LogP contribution in [0.5, 0.6) is 0 Å². The van der Waals surface area contributed by atoms with Crippen LogP contribution in [0.15, 0.2) is 59.1 Å². The quantitative estimate of drug-likeness (QED) is 0.859. The molecule has 0 saturated heterocycles. The maximum Gasteiger partial charge on any atom is 0.323 e. The van der Waals surface area contributed by atoms with E-state index in [-0.39, 0.29) is 6.03 Å². The van der Waals surface area contributed by atoms with Gasteiger partial charge in [-0.3, -0.25) is 0 Å². The van der Waals surface area contributed by atoms with E-state index in [0.29, 0.717) is 0 Å². The van der Waals surface area contributed by atoms with Gasteiger partial charge in [0.15, 0.2) is 0 Å². The maximum atomic E-state index is 11.7. The fourth-order valence-corrected chi connectivity index (χ4v) is 1.78. The summed E-state index contributed by atoms with van der Waals surface area (Å²) in [6.45, 7) is 0. The summed E-state index contributed by atoms with van der Waals surface area (Å²) in [6, 6.07) is 16.5. The molecule has 0 saturated carbocycles. The van der Waals surface area contributed by atoms with Crippen LogP contribution in [0, 0.1) is 0 Å². The predicted octanol–water partition coefficient (Wildman–Crippen LogP) is 4.09. The average Bonchev–Trinajstić information content (AvgIpc) is 2.30. The molecule has 4 heteroatoms. The van der Waals surface area contributed by atoms with Gasteiger partial charge in [-0.05, 0) is 30.3 Å². The minimum absolute atomic E-state index is 0.255. The summed E-state index contributed by atoms with van der Waals surface area (Å²) >= 11 is 3.35. The fourth-order valence-electron chi connectivity index (χ4n) is 1.38. The second-order valence-corrected chi connectivity index (χ2v) is 4.37. The first-order valence-corrected chi connectivity index (χ1v) is 5.92. The first kappa shape index (κ1) is 11.7. The number of hydrogen-bond acceptors (Lipinski definition) is 1. The Kier molecular flexibility index (Phi) is 3.77. The van der Waals surface area contributed by atoms with Gasteiger partial charge in [0, 0.05) is 15.8 Å². The molecule has 2 aromatic carbocycles. The van der Waals surface area contributed by atoms with Crippen LogP contribution in [-0.4, -0.2) is 6.03 Å². The second kappa shape index (κ2) is 5.50. The number of carbonyl (C=O) groups excluding carboxylic acids is 1. The zero-order valence-corrected chi connectivity index (χ0v) is 10.6. The first-order chi connectivity index (χ1) is 8.24. The van der Waals surface area contributed by atoms with Crippen molar-refractivity contribution >= 4 is 33.3 Å². The third-order valence-electron chi connectivity index (χ3n) is 2.11. The van der Waals surface area contributed by atoms with Crippen molar-refractivity contribution in [2.45, 2.75) is 0 Å². The summed E-state index contributed by atoms with van der Waals surface area (Å²) in [5.74, 6) is 0. The lowest BCUT2D eigenvalue weighted by molar-refractivity contribution is 0.262. The molecule has 0 fully saturated rings. The Morgan fingerprint density at radius 3 is 2.24 bits per heavy atom. The van der Waals surface area contributed by atoms with Crippen molar-refractivity contribution in [3.63, 3.8) is 0 Å². The molecule has 2 N–H and O–H groups in total. The van der Waals surface area contributed by atoms with Gasteiger partial charge >= 0.3 is 6.03 Å². The fraction of sp³-hybridized carbons (Fsp3) is 0. The van der Waals surface area contributed by atoms with Gasteiger partial charge in [0.25, 0.3) is 0 Å². The highest BCUT2D eigenvalue weighted by atomic mass is 79.9. The van der Waals surface area contributed by atoms with E-state index in [0.717, 1.165) is 15.8 Å². The highest BCUT2D eigenvalue weighted by molar-refractivity contribution is 9.10. The molecule has 0 atom stereocenters. The summed E-state index contributed by atoms with van der Waals surface area (Å²) < 4.78 is 0.926. The lowest BCUT2D eigenvalue weighted by Gasteiger charge is -2.07. The molecule has 2 amide bonds. The summed E-state index contributed by atoms with van der Waals surface area (Å²) in [5.41, 5.74) is 1.51.